The SMILES string of the molecule is Clc1ccccc1CN1CCN(Cc2ccncc2)CC1.O=C(O)C(=O)O. The van der Waals surface area contributed by atoms with Crippen molar-refractivity contribution in [2.75, 3.05) is 26.2 Å². The van der Waals surface area contributed by atoms with Gasteiger partial charge in [-0.1, -0.05) is 29.8 Å². The predicted octanol–water partition coefficient (Wildman–Crippen LogP) is 2.21. The van der Waals surface area contributed by atoms with Gasteiger partial charge < -0.3 is 10.2 Å². The molecule has 0 radical (unpaired) electrons. The van der Waals surface area contributed by atoms with Crippen LogP contribution in [0.25, 0.3) is 0 Å². The Kier molecular flexibility index (Phi) is 8.19. The fourth-order valence-corrected chi connectivity index (χ4v) is 2.91. The Morgan fingerprint density at radius 2 is 1.41 bits per heavy atom. The van der Waals surface area contributed by atoms with Crippen molar-refractivity contribution in [2.24, 2.45) is 0 Å². The van der Waals surface area contributed by atoms with Crippen molar-refractivity contribution < 1.29 is 19.8 Å². The second-order valence-corrected chi connectivity index (χ2v) is 6.52. The monoisotopic (exact) mass is 391 g/mol. The third kappa shape index (κ3) is 7.34. The fraction of sp³-hybridized carbons (Fsp3) is 0.316. The number of hydrogen-bond acceptors (Lipinski definition) is 5. The van der Waals surface area contributed by atoms with Crippen molar-refractivity contribution >= 4 is 23.5 Å². The summed E-state index contributed by atoms with van der Waals surface area (Å²) in [5.41, 5.74) is 2.56. The van der Waals surface area contributed by atoms with Crippen LogP contribution < -0.4 is 0 Å². The average Bonchev–Trinajstić information content (AvgIpc) is 2.66. The first-order valence-electron chi connectivity index (χ1n) is 8.49. The Bertz CT molecular complexity index is 738. The summed E-state index contributed by atoms with van der Waals surface area (Å²) in [5, 5.41) is 15.7. The van der Waals surface area contributed by atoms with Gasteiger partial charge in [0, 0.05) is 56.7 Å². The summed E-state index contributed by atoms with van der Waals surface area (Å²) in [7, 11) is 0. The molecule has 8 heteroatoms. The summed E-state index contributed by atoms with van der Waals surface area (Å²) in [4.78, 5) is 27.2. The maximum absolute atomic E-state index is 9.10. The van der Waals surface area contributed by atoms with Gasteiger partial charge in [-0.3, -0.25) is 14.8 Å². The van der Waals surface area contributed by atoms with E-state index >= 15 is 0 Å². The van der Waals surface area contributed by atoms with Gasteiger partial charge in [0.2, 0.25) is 0 Å². The quantitative estimate of drug-likeness (QED) is 0.771. The van der Waals surface area contributed by atoms with E-state index < -0.39 is 11.9 Å². The molecular weight excluding hydrogens is 370 g/mol. The van der Waals surface area contributed by atoms with Gasteiger partial charge >= 0.3 is 11.9 Å². The van der Waals surface area contributed by atoms with E-state index in [1.807, 2.05) is 24.5 Å². The van der Waals surface area contributed by atoms with Crippen LogP contribution in [0.2, 0.25) is 5.02 Å². The number of benzene rings is 1. The van der Waals surface area contributed by atoms with Gasteiger partial charge in [-0.2, -0.15) is 0 Å². The van der Waals surface area contributed by atoms with Crippen LogP contribution >= 0.6 is 11.6 Å². The Balaban J connectivity index is 0.000000380. The zero-order chi connectivity index (χ0) is 19.6. The number of hydrogen-bond donors (Lipinski definition) is 2. The molecule has 1 aliphatic heterocycles. The lowest BCUT2D eigenvalue weighted by Gasteiger charge is -2.34. The third-order valence-corrected chi connectivity index (χ3v) is 4.52. The van der Waals surface area contributed by atoms with Crippen LogP contribution in [0.3, 0.4) is 0 Å². The minimum atomic E-state index is -1.82. The summed E-state index contributed by atoms with van der Waals surface area (Å²) in [5.74, 6) is -3.65. The van der Waals surface area contributed by atoms with Crippen LogP contribution in [0.5, 0.6) is 0 Å². The van der Waals surface area contributed by atoms with Crippen LogP contribution in [0.1, 0.15) is 11.1 Å². The first-order chi connectivity index (χ1) is 13.0. The van der Waals surface area contributed by atoms with E-state index in [1.165, 1.54) is 11.1 Å². The van der Waals surface area contributed by atoms with Gasteiger partial charge in [-0.15, -0.1) is 0 Å². The van der Waals surface area contributed by atoms with Gasteiger partial charge in [0.1, 0.15) is 0 Å². The lowest BCUT2D eigenvalue weighted by atomic mass is 10.2. The summed E-state index contributed by atoms with van der Waals surface area (Å²) in [6, 6.07) is 12.3. The lowest BCUT2D eigenvalue weighted by Crippen LogP contribution is -2.45. The molecular formula is C19H22ClN3O4. The molecule has 7 nitrogen and oxygen atoms in total. The molecule has 0 unspecified atom stereocenters. The largest absolute Gasteiger partial charge is 0.473 e. The number of piperazine rings is 1. The van der Waals surface area contributed by atoms with Crippen molar-refractivity contribution in [1.29, 1.82) is 0 Å². The van der Waals surface area contributed by atoms with Crippen LogP contribution in [0.15, 0.2) is 48.8 Å². The first kappa shape index (κ1) is 20.8. The number of carboxylic acid groups (broad SMARTS) is 2. The van der Waals surface area contributed by atoms with Gasteiger partial charge in [0.15, 0.2) is 0 Å². The molecule has 1 aromatic heterocycles. The number of rotatable bonds is 4. The highest BCUT2D eigenvalue weighted by atomic mass is 35.5. The average molecular weight is 392 g/mol. The molecule has 2 aromatic rings. The number of halogens is 1. The van der Waals surface area contributed by atoms with Crippen molar-refractivity contribution in [3.8, 4) is 0 Å². The summed E-state index contributed by atoms with van der Waals surface area (Å²) >= 11 is 6.24. The predicted molar refractivity (Wildman–Crippen MR) is 102 cm³/mol. The van der Waals surface area contributed by atoms with E-state index in [-0.39, 0.29) is 0 Å². The lowest BCUT2D eigenvalue weighted by molar-refractivity contribution is -0.159. The molecule has 144 valence electrons. The van der Waals surface area contributed by atoms with E-state index in [1.54, 1.807) is 0 Å². The number of aromatic nitrogens is 1. The number of aliphatic carboxylic acids is 2. The van der Waals surface area contributed by atoms with Crippen molar-refractivity contribution in [2.45, 2.75) is 13.1 Å². The maximum atomic E-state index is 9.10. The van der Waals surface area contributed by atoms with Crippen molar-refractivity contribution in [3.63, 3.8) is 0 Å². The standard InChI is InChI=1S/C17H20ClN3.C2H2O4/c18-17-4-2-1-3-16(17)14-21-11-9-20(10-12-21)13-15-5-7-19-8-6-15;3-1(4)2(5)6/h1-8H,9-14H2;(H,3,4)(H,5,6). The van der Waals surface area contributed by atoms with Crippen LogP contribution in [-0.4, -0.2) is 63.1 Å². The fourth-order valence-electron chi connectivity index (χ4n) is 2.72. The molecule has 0 saturated carbocycles. The normalized spacial score (nSPS) is 14.9. The summed E-state index contributed by atoms with van der Waals surface area (Å²) in [6.45, 7) is 6.36. The molecule has 3 rings (SSSR count). The van der Waals surface area contributed by atoms with Gasteiger partial charge in [-0.25, -0.2) is 9.59 Å². The molecule has 0 amide bonds. The molecule has 1 aliphatic rings. The van der Waals surface area contributed by atoms with E-state index in [9.17, 15) is 0 Å². The molecule has 1 saturated heterocycles. The molecule has 0 atom stereocenters. The van der Waals surface area contributed by atoms with Gasteiger partial charge in [0.25, 0.3) is 0 Å². The highest BCUT2D eigenvalue weighted by Gasteiger charge is 2.17. The Morgan fingerprint density at radius 3 is 1.93 bits per heavy atom. The van der Waals surface area contributed by atoms with E-state index in [0.29, 0.717) is 0 Å². The zero-order valence-electron chi connectivity index (χ0n) is 14.8. The van der Waals surface area contributed by atoms with E-state index in [2.05, 4.69) is 39.0 Å². The van der Waals surface area contributed by atoms with Gasteiger partial charge in [-0.05, 0) is 29.3 Å². The van der Waals surface area contributed by atoms with Crippen LogP contribution in [-0.2, 0) is 22.7 Å². The molecule has 0 bridgehead atoms. The maximum Gasteiger partial charge on any atom is 0.414 e. The molecule has 1 fully saturated rings. The first-order valence-corrected chi connectivity index (χ1v) is 8.86. The topological polar surface area (TPSA) is 94.0 Å². The Hall–Kier alpha value is -2.48. The highest BCUT2D eigenvalue weighted by molar-refractivity contribution is 6.31. The molecule has 27 heavy (non-hydrogen) atoms. The number of carbonyl (C=O) groups is 2. The summed E-state index contributed by atoms with van der Waals surface area (Å²) < 4.78 is 0. The second kappa shape index (κ2) is 10.6. The van der Waals surface area contributed by atoms with E-state index in [4.69, 9.17) is 31.4 Å². The van der Waals surface area contributed by atoms with Crippen LogP contribution in [0, 0.1) is 0 Å². The molecule has 2 heterocycles. The van der Waals surface area contributed by atoms with Crippen molar-refractivity contribution in [3.05, 3.63) is 64.9 Å². The number of carboxylic acids is 2. The number of pyridine rings is 1. The third-order valence-electron chi connectivity index (χ3n) is 4.16. The molecule has 2 N–H and O–H groups in total. The minimum absolute atomic E-state index is 0.872. The Morgan fingerprint density at radius 1 is 0.889 bits per heavy atom. The van der Waals surface area contributed by atoms with Crippen molar-refractivity contribution in [1.82, 2.24) is 14.8 Å². The number of nitrogens with zero attached hydrogens (tertiary/aromatic N) is 3. The zero-order valence-corrected chi connectivity index (χ0v) is 15.5. The minimum Gasteiger partial charge on any atom is -0.473 e. The second-order valence-electron chi connectivity index (χ2n) is 6.11. The molecule has 0 spiro atoms. The van der Waals surface area contributed by atoms with Crippen LogP contribution in [0.4, 0.5) is 0 Å². The Labute approximate surface area is 162 Å². The van der Waals surface area contributed by atoms with E-state index in [0.717, 1.165) is 44.3 Å². The summed E-state index contributed by atoms with van der Waals surface area (Å²) in [6.07, 6.45) is 3.73. The molecule has 1 aromatic carbocycles. The molecule has 0 aliphatic carbocycles. The van der Waals surface area contributed by atoms with Gasteiger partial charge in [0.05, 0.1) is 0 Å². The highest BCUT2D eigenvalue weighted by Crippen LogP contribution is 2.18. The smallest absolute Gasteiger partial charge is 0.414 e.